The predicted octanol–water partition coefficient (Wildman–Crippen LogP) is 6.18. The average Bonchev–Trinajstić information content (AvgIpc) is 3.00. The van der Waals surface area contributed by atoms with Crippen LogP contribution >= 0.6 is 0 Å². The Balaban J connectivity index is 1.36. The number of amides is 4. The molecule has 4 aromatic carbocycles. The summed E-state index contributed by atoms with van der Waals surface area (Å²) in [4.78, 5) is 51.1. The Labute approximate surface area is 250 Å². The van der Waals surface area contributed by atoms with Crippen LogP contribution in [-0.2, 0) is 16.0 Å². The number of nitrogens with one attached hydrogen (secondary N) is 3. The van der Waals surface area contributed by atoms with Crippen LogP contribution in [0.5, 0.6) is 0 Å². The van der Waals surface area contributed by atoms with Gasteiger partial charge in [-0.25, -0.2) is 4.79 Å². The highest BCUT2D eigenvalue weighted by Gasteiger charge is 2.18. The maximum Gasteiger partial charge on any atom is 0.326 e. The summed E-state index contributed by atoms with van der Waals surface area (Å²) in [5.74, 6) is -1.53. The van der Waals surface area contributed by atoms with Gasteiger partial charge in [0.25, 0.3) is 5.91 Å². The normalized spacial score (nSPS) is 11.2. The zero-order chi connectivity index (χ0) is 30.8. The zero-order valence-corrected chi connectivity index (χ0v) is 24.0. The molecule has 4 N–H and O–H groups in total. The molecule has 1 atom stereocenters. The van der Waals surface area contributed by atoms with Gasteiger partial charge in [-0.15, -0.1) is 0 Å². The number of aliphatic carboxylic acids is 1. The first kappa shape index (κ1) is 30.5. The minimum absolute atomic E-state index is 0.106. The van der Waals surface area contributed by atoms with Gasteiger partial charge in [-0.1, -0.05) is 60.7 Å². The molecule has 0 aliphatic carbocycles. The Morgan fingerprint density at radius 3 is 2.19 bits per heavy atom. The second kappa shape index (κ2) is 14.5. The molecule has 0 aliphatic rings. The van der Waals surface area contributed by atoms with E-state index in [0.717, 1.165) is 16.8 Å². The van der Waals surface area contributed by atoms with E-state index in [0.29, 0.717) is 22.5 Å². The summed E-state index contributed by atoms with van der Waals surface area (Å²) in [5, 5.41) is 17.9. The number of rotatable bonds is 11. The first-order valence-electron chi connectivity index (χ1n) is 13.9. The molecule has 9 nitrogen and oxygen atoms in total. The van der Waals surface area contributed by atoms with E-state index in [1.54, 1.807) is 84.7 Å². The molecule has 220 valence electrons. The van der Waals surface area contributed by atoms with Gasteiger partial charge in [-0.2, -0.15) is 0 Å². The molecule has 0 fully saturated rings. The SMILES string of the molecule is Cc1ccccc1N(C)C(=O)Nc1ccc(CC(=O)Nc2cccc(C(CCC(=O)O)NC(=O)c3ccccc3)c2)cc1. The molecule has 0 saturated carbocycles. The molecule has 1 unspecified atom stereocenters. The Kier molecular flexibility index (Phi) is 10.3. The molecule has 0 aromatic heterocycles. The molecular formula is C34H34N4O5. The Morgan fingerprint density at radius 1 is 0.791 bits per heavy atom. The van der Waals surface area contributed by atoms with Gasteiger partial charge in [0, 0.05) is 36.1 Å². The fraction of sp³-hybridized carbons (Fsp3) is 0.176. The molecule has 9 heteroatoms. The van der Waals surface area contributed by atoms with Gasteiger partial charge in [-0.05, 0) is 72.5 Å². The molecule has 0 spiro atoms. The maximum absolute atomic E-state index is 12.8. The third-order valence-corrected chi connectivity index (χ3v) is 6.91. The molecule has 4 amide bonds. The van der Waals surface area contributed by atoms with Crippen molar-refractivity contribution in [1.29, 1.82) is 0 Å². The van der Waals surface area contributed by atoms with Gasteiger partial charge in [0.05, 0.1) is 12.5 Å². The quantitative estimate of drug-likeness (QED) is 0.169. The van der Waals surface area contributed by atoms with Crippen molar-refractivity contribution in [3.63, 3.8) is 0 Å². The van der Waals surface area contributed by atoms with E-state index in [-0.39, 0.29) is 37.1 Å². The summed E-state index contributed by atoms with van der Waals surface area (Å²) in [6, 6.07) is 29.5. The number of anilines is 3. The van der Waals surface area contributed by atoms with Gasteiger partial charge >= 0.3 is 12.0 Å². The topological polar surface area (TPSA) is 128 Å². The van der Waals surface area contributed by atoms with Crippen molar-refractivity contribution in [3.05, 3.63) is 125 Å². The summed E-state index contributed by atoms with van der Waals surface area (Å²) in [6.45, 7) is 1.94. The molecular weight excluding hydrogens is 544 g/mol. The lowest BCUT2D eigenvalue weighted by atomic mass is 10.0. The van der Waals surface area contributed by atoms with Crippen LogP contribution in [0.15, 0.2) is 103 Å². The lowest BCUT2D eigenvalue weighted by Crippen LogP contribution is -2.31. The highest BCUT2D eigenvalue weighted by atomic mass is 16.4. The van der Waals surface area contributed by atoms with Gasteiger partial charge < -0.3 is 21.1 Å². The highest BCUT2D eigenvalue weighted by molar-refractivity contribution is 6.02. The van der Waals surface area contributed by atoms with Crippen LogP contribution in [0.2, 0.25) is 0 Å². The average molecular weight is 579 g/mol. The van der Waals surface area contributed by atoms with Gasteiger partial charge in [0.1, 0.15) is 0 Å². The van der Waals surface area contributed by atoms with Crippen LogP contribution in [0.1, 0.15) is 45.9 Å². The van der Waals surface area contributed by atoms with E-state index in [4.69, 9.17) is 0 Å². The number of urea groups is 1. The monoisotopic (exact) mass is 578 g/mol. The number of aryl methyl sites for hydroxylation is 1. The van der Waals surface area contributed by atoms with E-state index in [2.05, 4.69) is 16.0 Å². The minimum Gasteiger partial charge on any atom is -0.481 e. The number of carboxylic acid groups (broad SMARTS) is 1. The second-order valence-electron chi connectivity index (χ2n) is 10.1. The van der Waals surface area contributed by atoms with E-state index in [9.17, 15) is 24.3 Å². The minimum atomic E-state index is -0.965. The molecule has 0 heterocycles. The molecule has 0 radical (unpaired) electrons. The second-order valence-corrected chi connectivity index (χ2v) is 10.1. The first-order valence-corrected chi connectivity index (χ1v) is 13.9. The van der Waals surface area contributed by atoms with Gasteiger partial charge in [0.15, 0.2) is 0 Å². The molecule has 4 aromatic rings. The maximum atomic E-state index is 12.8. The zero-order valence-electron chi connectivity index (χ0n) is 24.0. The summed E-state index contributed by atoms with van der Waals surface area (Å²) in [5.41, 5.74) is 4.83. The van der Waals surface area contributed by atoms with Crippen molar-refractivity contribution in [2.45, 2.75) is 32.2 Å². The third-order valence-electron chi connectivity index (χ3n) is 6.91. The van der Waals surface area contributed by atoms with E-state index >= 15 is 0 Å². The highest BCUT2D eigenvalue weighted by Crippen LogP contribution is 2.23. The summed E-state index contributed by atoms with van der Waals surface area (Å²) >= 11 is 0. The number of benzene rings is 4. The van der Waals surface area contributed by atoms with Crippen LogP contribution in [0.4, 0.5) is 21.9 Å². The number of carboxylic acids is 1. The number of nitrogens with zero attached hydrogens (tertiary/aromatic N) is 1. The fourth-order valence-corrected chi connectivity index (χ4v) is 4.61. The van der Waals surface area contributed by atoms with Crippen molar-refractivity contribution in [2.24, 2.45) is 0 Å². The molecule has 0 aliphatic heterocycles. The molecule has 43 heavy (non-hydrogen) atoms. The number of para-hydroxylation sites is 1. The van der Waals surface area contributed by atoms with E-state index < -0.39 is 12.0 Å². The van der Waals surface area contributed by atoms with Crippen LogP contribution in [0.3, 0.4) is 0 Å². The van der Waals surface area contributed by atoms with Crippen molar-refractivity contribution in [2.75, 3.05) is 22.6 Å². The Morgan fingerprint density at radius 2 is 1.49 bits per heavy atom. The smallest absolute Gasteiger partial charge is 0.326 e. The van der Waals surface area contributed by atoms with Crippen LogP contribution < -0.4 is 20.9 Å². The summed E-state index contributed by atoms with van der Waals surface area (Å²) in [7, 11) is 1.71. The van der Waals surface area contributed by atoms with Crippen LogP contribution in [0.25, 0.3) is 0 Å². The summed E-state index contributed by atoms with van der Waals surface area (Å²) in [6.07, 6.45) is 0.165. The van der Waals surface area contributed by atoms with Crippen molar-refractivity contribution < 1.29 is 24.3 Å². The Bertz CT molecular complexity index is 1590. The van der Waals surface area contributed by atoms with Crippen LogP contribution in [0, 0.1) is 6.92 Å². The lowest BCUT2D eigenvalue weighted by molar-refractivity contribution is -0.137. The number of hydrogen-bond donors (Lipinski definition) is 4. The number of hydrogen-bond acceptors (Lipinski definition) is 4. The summed E-state index contributed by atoms with van der Waals surface area (Å²) < 4.78 is 0. The van der Waals surface area contributed by atoms with E-state index in [1.807, 2.05) is 37.3 Å². The first-order chi connectivity index (χ1) is 20.7. The molecule has 0 saturated heterocycles. The fourth-order valence-electron chi connectivity index (χ4n) is 4.61. The predicted molar refractivity (Wildman–Crippen MR) is 167 cm³/mol. The van der Waals surface area contributed by atoms with Crippen molar-refractivity contribution in [3.8, 4) is 0 Å². The van der Waals surface area contributed by atoms with Gasteiger partial charge in [0.2, 0.25) is 5.91 Å². The van der Waals surface area contributed by atoms with Gasteiger partial charge in [-0.3, -0.25) is 19.3 Å². The molecule has 0 bridgehead atoms. The number of carbonyl (C=O) groups is 4. The van der Waals surface area contributed by atoms with E-state index in [1.165, 1.54) is 0 Å². The van der Waals surface area contributed by atoms with Crippen LogP contribution in [-0.4, -0.2) is 36.0 Å². The lowest BCUT2D eigenvalue weighted by Gasteiger charge is -2.20. The van der Waals surface area contributed by atoms with Crippen molar-refractivity contribution >= 4 is 40.9 Å². The van der Waals surface area contributed by atoms with Crippen molar-refractivity contribution in [1.82, 2.24) is 5.32 Å². The largest absolute Gasteiger partial charge is 0.481 e. The third kappa shape index (κ3) is 8.77. The number of carbonyl (C=O) groups excluding carboxylic acids is 3. The molecule has 4 rings (SSSR count). The standard InChI is InChI=1S/C34H34N4O5/c1-23-9-6-7-14-30(23)38(2)34(43)36-27-17-15-24(16-18-27)21-31(39)35-28-13-8-12-26(22-28)29(19-20-32(40)41)37-33(42)25-10-4-3-5-11-25/h3-18,22,29H,19-21H2,1-2H3,(H,35,39)(H,36,43)(H,37,42)(H,40,41). The Hall–Kier alpha value is -5.44.